The summed E-state index contributed by atoms with van der Waals surface area (Å²) in [5.74, 6) is 1.15. The van der Waals surface area contributed by atoms with Crippen molar-refractivity contribution in [2.75, 3.05) is 39.1 Å². The van der Waals surface area contributed by atoms with Crippen molar-refractivity contribution in [1.29, 1.82) is 0 Å². The highest BCUT2D eigenvalue weighted by atomic mass is 16.5. The molecule has 1 aliphatic rings. The van der Waals surface area contributed by atoms with E-state index in [9.17, 15) is 4.79 Å². The number of aryl methyl sites for hydroxylation is 1. The predicted molar refractivity (Wildman–Crippen MR) is 79.0 cm³/mol. The molecule has 1 fully saturated rings. The van der Waals surface area contributed by atoms with Crippen molar-refractivity contribution in [2.45, 2.75) is 19.8 Å². The summed E-state index contributed by atoms with van der Waals surface area (Å²) in [5, 5.41) is 3.37. The molecule has 1 unspecified atom stereocenters. The van der Waals surface area contributed by atoms with Crippen LogP contribution in [-0.4, -0.2) is 49.6 Å². The lowest BCUT2D eigenvalue weighted by molar-refractivity contribution is 0.0599. The van der Waals surface area contributed by atoms with E-state index in [0.717, 1.165) is 18.9 Å². The van der Waals surface area contributed by atoms with Gasteiger partial charge in [-0.1, -0.05) is 0 Å². The number of aromatic nitrogens is 1. The number of anilines is 1. The average Bonchev–Trinajstić information content (AvgIpc) is 2.44. The summed E-state index contributed by atoms with van der Waals surface area (Å²) in [6.45, 7) is 5.08. The number of pyridine rings is 1. The Balaban J connectivity index is 1.93. The Kier molecular flexibility index (Phi) is 4.95. The molecule has 2 rings (SSSR count). The molecular weight excluding hydrogens is 254 g/mol. The van der Waals surface area contributed by atoms with Gasteiger partial charge in [-0.05, 0) is 51.4 Å². The molecule has 0 spiro atoms. The molecular formula is C15H23N3O2. The van der Waals surface area contributed by atoms with Gasteiger partial charge >= 0.3 is 5.97 Å². The summed E-state index contributed by atoms with van der Waals surface area (Å²) in [6, 6.07) is 3.61. The van der Waals surface area contributed by atoms with Crippen molar-refractivity contribution in [3.05, 3.63) is 23.4 Å². The monoisotopic (exact) mass is 277 g/mol. The number of nitrogens with zero attached hydrogens (tertiary/aromatic N) is 2. The summed E-state index contributed by atoms with van der Waals surface area (Å²) >= 11 is 0. The normalized spacial score (nSPS) is 19.6. The molecule has 1 aromatic rings. The molecule has 0 aliphatic carbocycles. The van der Waals surface area contributed by atoms with E-state index >= 15 is 0 Å². The van der Waals surface area contributed by atoms with Crippen LogP contribution in [0.3, 0.4) is 0 Å². The molecule has 0 bridgehead atoms. The molecule has 0 saturated carbocycles. The number of esters is 1. The van der Waals surface area contributed by atoms with Crippen molar-refractivity contribution in [3.8, 4) is 0 Å². The van der Waals surface area contributed by atoms with Gasteiger partial charge in [-0.2, -0.15) is 0 Å². The largest absolute Gasteiger partial charge is 0.465 e. The third-order valence-electron chi connectivity index (χ3n) is 3.79. The van der Waals surface area contributed by atoms with Gasteiger partial charge in [0.05, 0.1) is 18.4 Å². The minimum Gasteiger partial charge on any atom is -0.465 e. The first-order chi connectivity index (χ1) is 9.60. The Morgan fingerprint density at radius 3 is 3.00 bits per heavy atom. The van der Waals surface area contributed by atoms with Crippen LogP contribution in [0.5, 0.6) is 0 Å². The first-order valence-electron chi connectivity index (χ1n) is 7.08. The van der Waals surface area contributed by atoms with E-state index in [-0.39, 0.29) is 5.97 Å². The molecule has 1 atom stereocenters. The van der Waals surface area contributed by atoms with Gasteiger partial charge in [-0.15, -0.1) is 0 Å². The minimum absolute atomic E-state index is 0.338. The van der Waals surface area contributed by atoms with Gasteiger partial charge < -0.3 is 15.0 Å². The summed E-state index contributed by atoms with van der Waals surface area (Å²) in [4.78, 5) is 18.3. The zero-order chi connectivity index (χ0) is 14.5. The number of methoxy groups -OCH3 is 1. The van der Waals surface area contributed by atoms with Gasteiger partial charge in [0, 0.05) is 13.1 Å². The van der Waals surface area contributed by atoms with Crippen molar-refractivity contribution in [1.82, 2.24) is 9.88 Å². The molecule has 5 nitrogen and oxygen atoms in total. The molecule has 0 radical (unpaired) electrons. The minimum atomic E-state index is -0.338. The maximum absolute atomic E-state index is 11.5. The van der Waals surface area contributed by atoms with E-state index in [1.807, 2.05) is 13.0 Å². The Morgan fingerprint density at radius 2 is 2.35 bits per heavy atom. The fraction of sp³-hybridized carbons (Fsp3) is 0.600. The third kappa shape index (κ3) is 3.70. The van der Waals surface area contributed by atoms with Gasteiger partial charge in [-0.3, -0.25) is 0 Å². The number of hydrogen-bond donors (Lipinski definition) is 1. The van der Waals surface area contributed by atoms with Gasteiger partial charge in [0.2, 0.25) is 0 Å². The van der Waals surface area contributed by atoms with E-state index in [0.29, 0.717) is 17.2 Å². The second kappa shape index (κ2) is 6.70. The Morgan fingerprint density at radius 1 is 1.55 bits per heavy atom. The molecule has 20 heavy (non-hydrogen) atoms. The van der Waals surface area contributed by atoms with Crippen molar-refractivity contribution in [2.24, 2.45) is 5.92 Å². The number of likely N-dealkylation sites (tertiary alicyclic amines) is 1. The van der Waals surface area contributed by atoms with Crippen molar-refractivity contribution >= 4 is 11.8 Å². The third-order valence-corrected chi connectivity index (χ3v) is 3.79. The summed E-state index contributed by atoms with van der Waals surface area (Å²) in [7, 11) is 3.55. The van der Waals surface area contributed by atoms with E-state index < -0.39 is 0 Å². The fourth-order valence-corrected chi connectivity index (χ4v) is 2.67. The molecule has 0 amide bonds. The van der Waals surface area contributed by atoms with Crippen LogP contribution in [0.1, 0.15) is 28.9 Å². The van der Waals surface area contributed by atoms with Gasteiger partial charge in [-0.25, -0.2) is 9.78 Å². The number of carbonyl (C=O) groups excluding carboxylic acids is 1. The lowest BCUT2D eigenvalue weighted by atomic mass is 9.98. The van der Waals surface area contributed by atoms with Gasteiger partial charge in [0.1, 0.15) is 5.82 Å². The summed E-state index contributed by atoms with van der Waals surface area (Å²) < 4.78 is 4.72. The first-order valence-corrected chi connectivity index (χ1v) is 7.08. The number of rotatable bonds is 4. The molecule has 1 aliphatic heterocycles. The van der Waals surface area contributed by atoms with Crippen molar-refractivity contribution < 1.29 is 9.53 Å². The predicted octanol–water partition coefficient (Wildman–Crippen LogP) is 1.93. The summed E-state index contributed by atoms with van der Waals surface area (Å²) in [5.41, 5.74) is 1.22. The Bertz CT molecular complexity index is 476. The van der Waals surface area contributed by atoms with Crippen molar-refractivity contribution in [3.63, 3.8) is 0 Å². The molecule has 0 aromatic carbocycles. The number of piperidine rings is 1. The van der Waals surface area contributed by atoms with Gasteiger partial charge in [0.25, 0.3) is 0 Å². The number of nitrogens with one attached hydrogen (secondary N) is 1. The molecule has 5 heteroatoms. The maximum Gasteiger partial charge on any atom is 0.339 e. The van der Waals surface area contributed by atoms with Crippen LogP contribution in [0.25, 0.3) is 0 Å². The zero-order valence-electron chi connectivity index (χ0n) is 12.5. The van der Waals surface area contributed by atoms with Crippen LogP contribution in [0.4, 0.5) is 5.82 Å². The Labute approximate surface area is 120 Å². The quantitative estimate of drug-likeness (QED) is 0.852. The van der Waals surface area contributed by atoms with Crippen LogP contribution < -0.4 is 5.32 Å². The fourth-order valence-electron chi connectivity index (χ4n) is 2.67. The molecule has 1 N–H and O–H groups in total. The standard InChI is InChI=1S/C15H23N3O2/c1-11-13(15(19)20-3)6-7-14(17-11)16-9-12-5-4-8-18(2)10-12/h6-7,12H,4-5,8-10H2,1-3H3,(H,16,17). The summed E-state index contributed by atoms with van der Waals surface area (Å²) in [6.07, 6.45) is 2.52. The van der Waals surface area contributed by atoms with Crippen LogP contribution in [0.15, 0.2) is 12.1 Å². The zero-order valence-corrected chi connectivity index (χ0v) is 12.5. The average molecular weight is 277 g/mol. The molecule has 110 valence electrons. The number of carbonyl (C=O) groups is 1. The molecule has 2 heterocycles. The number of ether oxygens (including phenoxy) is 1. The highest BCUT2D eigenvalue weighted by Gasteiger charge is 2.17. The smallest absolute Gasteiger partial charge is 0.339 e. The lowest BCUT2D eigenvalue weighted by Crippen LogP contribution is -2.35. The SMILES string of the molecule is COC(=O)c1ccc(NCC2CCCN(C)C2)nc1C. The second-order valence-electron chi connectivity index (χ2n) is 5.47. The first kappa shape index (κ1) is 14.8. The van der Waals surface area contributed by atoms with E-state index in [4.69, 9.17) is 4.74 Å². The van der Waals surface area contributed by atoms with E-state index in [1.165, 1.54) is 26.5 Å². The topological polar surface area (TPSA) is 54.5 Å². The highest BCUT2D eigenvalue weighted by Crippen LogP contribution is 2.17. The molecule has 1 saturated heterocycles. The van der Waals surface area contributed by atoms with Crippen LogP contribution in [-0.2, 0) is 4.74 Å². The Hall–Kier alpha value is -1.62. The van der Waals surface area contributed by atoms with E-state index in [2.05, 4.69) is 22.2 Å². The second-order valence-corrected chi connectivity index (χ2v) is 5.47. The van der Waals surface area contributed by atoms with Crippen LogP contribution in [0, 0.1) is 12.8 Å². The van der Waals surface area contributed by atoms with Crippen LogP contribution in [0.2, 0.25) is 0 Å². The van der Waals surface area contributed by atoms with Crippen LogP contribution >= 0.6 is 0 Å². The lowest BCUT2D eigenvalue weighted by Gasteiger charge is -2.29. The maximum atomic E-state index is 11.5. The van der Waals surface area contributed by atoms with E-state index in [1.54, 1.807) is 6.07 Å². The molecule has 1 aromatic heterocycles. The highest BCUT2D eigenvalue weighted by molar-refractivity contribution is 5.90. The van der Waals surface area contributed by atoms with Gasteiger partial charge in [0.15, 0.2) is 0 Å². The number of hydrogen-bond acceptors (Lipinski definition) is 5.